The first-order chi connectivity index (χ1) is 22.3. The molecule has 2 saturated heterocycles. The highest BCUT2D eigenvalue weighted by atomic mass is 16.9. The Bertz CT molecular complexity index is 1710. The van der Waals surface area contributed by atoms with Crippen molar-refractivity contribution >= 4 is 23.9 Å². The Kier molecular flexibility index (Phi) is 5.89. The average Bonchev–Trinajstić information content (AvgIpc) is 3.76. The summed E-state index contributed by atoms with van der Waals surface area (Å²) < 4.78 is 48.2. The third-order valence-electron chi connectivity index (χ3n) is 13.1. The Hall–Kier alpha value is -3.34. The van der Waals surface area contributed by atoms with Gasteiger partial charge in [0.1, 0.15) is 35.6 Å². The number of ether oxygens (including phenoxy) is 7. The van der Waals surface area contributed by atoms with Crippen LogP contribution in [-0.4, -0.2) is 99.1 Å². The molecule has 260 valence electrons. The van der Waals surface area contributed by atoms with Crippen molar-refractivity contribution in [3.05, 3.63) is 35.8 Å². The molecule has 4 aliphatic carbocycles. The number of carbonyl (C=O) groups is 4. The van der Waals surface area contributed by atoms with Crippen molar-refractivity contribution in [2.75, 3.05) is 7.11 Å². The summed E-state index contributed by atoms with van der Waals surface area (Å²) in [7, 11) is 1.10. The third kappa shape index (κ3) is 2.98. The van der Waals surface area contributed by atoms with Crippen molar-refractivity contribution in [3.63, 3.8) is 0 Å². The normalized spacial score (nSPS) is 52.5. The number of furan rings is 1. The van der Waals surface area contributed by atoms with Gasteiger partial charge in [-0.1, -0.05) is 13.8 Å². The Morgan fingerprint density at radius 1 is 1.04 bits per heavy atom. The quantitative estimate of drug-likeness (QED) is 0.291. The number of aliphatic hydroxyl groups excluding tert-OH is 1. The van der Waals surface area contributed by atoms with E-state index in [4.69, 9.17) is 37.6 Å². The maximum atomic E-state index is 13.6. The smallest absolute Gasteiger partial charge is 0.335 e. The highest BCUT2D eigenvalue weighted by Gasteiger charge is 3.03. The Morgan fingerprint density at radius 3 is 2.33 bits per heavy atom. The van der Waals surface area contributed by atoms with Gasteiger partial charge in [0.15, 0.2) is 17.3 Å². The van der Waals surface area contributed by atoms with Crippen molar-refractivity contribution in [1.29, 1.82) is 0 Å². The molecule has 4 saturated carbocycles. The summed E-state index contributed by atoms with van der Waals surface area (Å²) in [5.41, 5.74) is -12.8. The second kappa shape index (κ2) is 8.87. The molecule has 14 atom stereocenters. The van der Waals surface area contributed by atoms with Gasteiger partial charge in [0.25, 0.3) is 5.97 Å². The maximum absolute atomic E-state index is 13.6. The lowest BCUT2D eigenvalue weighted by atomic mass is 9.34. The van der Waals surface area contributed by atoms with Gasteiger partial charge in [-0.15, -0.1) is 0 Å². The van der Waals surface area contributed by atoms with Crippen molar-refractivity contribution in [3.8, 4) is 0 Å². The molecular formula is C33H38O15. The van der Waals surface area contributed by atoms with Gasteiger partial charge in [0.05, 0.1) is 25.1 Å². The molecule has 8 rings (SSSR count). The SMILES string of the molecule is COC(=O)C(O)C1C2(C)CC3(O)C(O)(C2OC(C)=O)C2OC4(C)OC25C2=CC(=O)OC(c6ccoc6)C2(C)C(OC(C)=O)CC5(O4)C13C. The molecule has 1 aromatic rings. The number of rotatable bonds is 5. The van der Waals surface area contributed by atoms with Crippen molar-refractivity contribution in [2.45, 2.75) is 113 Å². The van der Waals surface area contributed by atoms with E-state index in [1.54, 1.807) is 26.8 Å². The zero-order valence-corrected chi connectivity index (χ0v) is 27.4. The van der Waals surface area contributed by atoms with E-state index in [2.05, 4.69) is 0 Å². The van der Waals surface area contributed by atoms with Gasteiger partial charge in [-0.05, 0) is 25.0 Å². The molecule has 15 nitrogen and oxygen atoms in total. The van der Waals surface area contributed by atoms with Crippen LogP contribution in [0.5, 0.6) is 0 Å². The predicted molar refractivity (Wildman–Crippen MR) is 153 cm³/mol. The number of fused-ring (bicyclic) bond motifs is 4. The minimum atomic E-state index is -2.47. The van der Waals surface area contributed by atoms with Gasteiger partial charge in [0.2, 0.25) is 0 Å². The third-order valence-corrected chi connectivity index (χ3v) is 13.1. The van der Waals surface area contributed by atoms with Gasteiger partial charge in [-0.25, -0.2) is 9.59 Å². The molecule has 14 unspecified atom stereocenters. The molecule has 4 bridgehead atoms. The number of carbonyl (C=O) groups excluding carboxylic acids is 4. The second-order valence-corrected chi connectivity index (χ2v) is 15.1. The first-order valence-electron chi connectivity index (χ1n) is 15.9. The number of methoxy groups -OCH3 is 1. The Balaban J connectivity index is 1.49. The molecule has 6 fully saturated rings. The number of hydrogen-bond acceptors (Lipinski definition) is 15. The molecular weight excluding hydrogens is 636 g/mol. The van der Waals surface area contributed by atoms with Gasteiger partial charge in [-0.2, -0.15) is 0 Å². The van der Waals surface area contributed by atoms with Crippen molar-refractivity contribution in [1.82, 2.24) is 0 Å². The molecule has 0 amide bonds. The van der Waals surface area contributed by atoms with Crippen LogP contribution in [0.15, 0.2) is 34.7 Å². The fourth-order valence-corrected chi connectivity index (χ4v) is 11.9. The van der Waals surface area contributed by atoms with E-state index in [0.717, 1.165) is 14.0 Å². The molecule has 7 aliphatic rings. The summed E-state index contributed by atoms with van der Waals surface area (Å²) in [6.45, 7) is 8.71. The maximum Gasteiger partial charge on any atom is 0.335 e. The second-order valence-electron chi connectivity index (χ2n) is 15.1. The van der Waals surface area contributed by atoms with E-state index in [0.29, 0.717) is 5.56 Å². The lowest BCUT2D eigenvalue weighted by Crippen LogP contribution is -2.93. The van der Waals surface area contributed by atoms with Crippen LogP contribution in [0.2, 0.25) is 0 Å². The standard InChI is InChI=1S/C33H38O15/c1-14(34)43-18-11-31-28(5)21(20(37)23(38)41-7)26(3)13-30(28,39)32(40,24(26)44-15(2)35)25-33(31,48-29(6,46-25)47-31)17-10-19(36)45-22(27(17,18)4)16-8-9-42-12-16/h8-10,12,18,20-22,24-25,37,39-40H,11,13H2,1-7H3. The molecule has 4 heterocycles. The predicted octanol–water partition coefficient (Wildman–Crippen LogP) is 0.730. The molecule has 3 N–H and O–H groups in total. The summed E-state index contributed by atoms with van der Waals surface area (Å²) in [5.74, 6) is -6.59. The van der Waals surface area contributed by atoms with E-state index in [1.807, 2.05) is 0 Å². The van der Waals surface area contributed by atoms with Crippen LogP contribution in [-0.2, 0) is 52.3 Å². The summed E-state index contributed by atoms with van der Waals surface area (Å²) in [6, 6.07) is 1.60. The van der Waals surface area contributed by atoms with Gasteiger partial charge in [0, 0.05) is 55.6 Å². The lowest BCUT2D eigenvalue weighted by Gasteiger charge is -2.76. The summed E-state index contributed by atoms with van der Waals surface area (Å²) in [5, 5.41) is 38.2. The van der Waals surface area contributed by atoms with Crippen LogP contribution in [0.3, 0.4) is 0 Å². The summed E-state index contributed by atoms with van der Waals surface area (Å²) in [4.78, 5) is 52.4. The highest BCUT2D eigenvalue weighted by Crippen LogP contribution is 2.88. The molecule has 0 radical (unpaired) electrons. The molecule has 1 aromatic heterocycles. The van der Waals surface area contributed by atoms with Crippen molar-refractivity contribution in [2.24, 2.45) is 22.2 Å². The van der Waals surface area contributed by atoms with Crippen LogP contribution < -0.4 is 0 Å². The van der Waals surface area contributed by atoms with Crippen LogP contribution in [0.1, 0.15) is 66.1 Å². The fourth-order valence-electron chi connectivity index (χ4n) is 11.9. The van der Waals surface area contributed by atoms with E-state index in [9.17, 15) is 34.5 Å². The fraction of sp³-hybridized carbons (Fsp3) is 0.697. The molecule has 1 spiro atoms. The number of esters is 4. The lowest BCUT2D eigenvalue weighted by molar-refractivity contribution is -0.449. The van der Waals surface area contributed by atoms with Gasteiger partial charge in [-0.3, -0.25) is 9.59 Å². The number of aliphatic hydroxyl groups is 3. The van der Waals surface area contributed by atoms with Gasteiger partial charge < -0.3 is 52.9 Å². The first-order valence-corrected chi connectivity index (χ1v) is 15.9. The molecule has 3 aliphatic heterocycles. The minimum Gasteiger partial charge on any atom is -0.472 e. The Labute approximate surface area is 274 Å². The highest BCUT2D eigenvalue weighted by molar-refractivity contribution is 5.86. The van der Waals surface area contributed by atoms with Crippen LogP contribution >= 0.6 is 0 Å². The van der Waals surface area contributed by atoms with Gasteiger partial charge >= 0.3 is 23.9 Å². The molecule has 0 aromatic carbocycles. The monoisotopic (exact) mass is 674 g/mol. The summed E-state index contributed by atoms with van der Waals surface area (Å²) in [6.07, 6.45) is -3.88. The Morgan fingerprint density at radius 2 is 1.73 bits per heavy atom. The van der Waals surface area contributed by atoms with E-state index >= 15 is 0 Å². The topological polar surface area (TPSA) is 207 Å². The first kappa shape index (κ1) is 31.9. The zero-order valence-electron chi connectivity index (χ0n) is 27.4. The van der Waals surface area contributed by atoms with E-state index < -0.39 is 105 Å². The average molecular weight is 675 g/mol. The minimum absolute atomic E-state index is 0.159. The number of hydrogen-bond donors (Lipinski definition) is 3. The van der Waals surface area contributed by atoms with Crippen LogP contribution in [0, 0.1) is 22.2 Å². The summed E-state index contributed by atoms with van der Waals surface area (Å²) >= 11 is 0. The molecule has 15 heteroatoms. The zero-order chi connectivity index (χ0) is 34.8. The molecule has 48 heavy (non-hydrogen) atoms. The van der Waals surface area contributed by atoms with E-state index in [-0.39, 0.29) is 18.4 Å². The number of cyclic esters (lactones) is 1. The van der Waals surface area contributed by atoms with E-state index in [1.165, 1.54) is 32.4 Å². The van der Waals surface area contributed by atoms with Crippen LogP contribution in [0.25, 0.3) is 0 Å². The largest absolute Gasteiger partial charge is 0.472 e. The van der Waals surface area contributed by atoms with Crippen LogP contribution in [0.4, 0.5) is 0 Å². The van der Waals surface area contributed by atoms with Crippen molar-refractivity contribution < 1.29 is 72.1 Å².